The van der Waals surface area contributed by atoms with E-state index < -0.39 is 0 Å². The molecule has 1 spiro atoms. The van der Waals surface area contributed by atoms with Gasteiger partial charge in [0.05, 0.1) is 5.54 Å². The second-order valence-electron chi connectivity index (χ2n) is 4.28. The van der Waals surface area contributed by atoms with Gasteiger partial charge in [-0.2, -0.15) is 0 Å². The SMILES string of the molecule is CC(C)CN1C(=O)OCC12CC2. The van der Waals surface area contributed by atoms with Crippen LogP contribution in [0.1, 0.15) is 26.7 Å². The highest BCUT2D eigenvalue weighted by Gasteiger charge is 2.56. The first kappa shape index (κ1) is 7.90. The summed E-state index contributed by atoms with van der Waals surface area (Å²) in [5.41, 5.74) is 0.126. The summed E-state index contributed by atoms with van der Waals surface area (Å²) in [5, 5.41) is 0. The highest BCUT2D eigenvalue weighted by atomic mass is 16.6. The van der Waals surface area contributed by atoms with Gasteiger partial charge in [-0.25, -0.2) is 4.79 Å². The lowest BCUT2D eigenvalue weighted by Crippen LogP contribution is -2.37. The largest absolute Gasteiger partial charge is 0.447 e. The van der Waals surface area contributed by atoms with Crippen molar-refractivity contribution in [2.75, 3.05) is 13.2 Å². The van der Waals surface area contributed by atoms with Crippen LogP contribution in [0.4, 0.5) is 4.79 Å². The fourth-order valence-corrected chi connectivity index (χ4v) is 1.74. The van der Waals surface area contributed by atoms with E-state index in [4.69, 9.17) is 4.74 Å². The van der Waals surface area contributed by atoms with Crippen molar-refractivity contribution in [2.45, 2.75) is 32.2 Å². The van der Waals surface area contributed by atoms with Gasteiger partial charge in [0.1, 0.15) is 6.61 Å². The number of hydrogen-bond acceptors (Lipinski definition) is 2. The van der Waals surface area contributed by atoms with Crippen LogP contribution in [0.25, 0.3) is 0 Å². The molecule has 0 bridgehead atoms. The fourth-order valence-electron chi connectivity index (χ4n) is 1.74. The van der Waals surface area contributed by atoms with Gasteiger partial charge in [-0.15, -0.1) is 0 Å². The molecular weight excluding hydrogens is 154 g/mol. The van der Waals surface area contributed by atoms with E-state index in [2.05, 4.69) is 13.8 Å². The van der Waals surface area contributed by atoms with Crippen LogP contribution in [0.3, 0.4) is 0 Å². The molecule has 1 amide bonds. The zero-order valence-electron chi connectivity index (χ0n) is 7.67. The molecule has 1 aliphatic heterocycles. The van der Waals surface area contributed by atoms with Gasteiger partial charge < -0.3 is 4.74 Å². The van der Waals surface area contributed by atoms with Gasteiger partial charge in [-0.1, -0.05) is 13.8 Å². The van der Waals surface area contributed by atoms with Gasteiger partial charge in [-0.3, -0.25) is 4.90 Å². The first-order chi connectivity index (χ1) is 5.64. The molecule has 3 nitrogen and oxygen atoms in total. The number of ether oxygens (including phenoxy) is 1. The maximum absolute atomic E-state index is 11.3. The third kappa shape index (κ3) is 1.08. The number of amides is 1. The van der Waals surface area contributed by atoms with Crippen molar-refractivity contribution in [2.24, 2.45) is 5.92 Å². The smallest absolute Gasteiger partial charge is 0.410 e. The molecule has 2 fully saturated rings. The summed E-state index contributed by atoms with van der Waals surface area (Å²) in [5.74, 6) is 0.535. The van der Waals surface area contributed by atoms with E-state index in [0.29, 0.717) is 12.5 Å². The summed E-state index contributed by atoms with van der Waals surface area (Å²) in [6.07, 6.45) is 2.15. The summed E-state index contributed by atoms with van der Waals surface area (Å²) >= 11 is 0. The Morgan fingerprint density at radius 3 is 2.75 bits per heavy atom. The highest BCUT2D eigenvalue weighted by molar-refractivity contribution is 5.72. The second-order valence-corrected chi connectivity index (χ2v) is 4.28. The molecule has 1 saturated carbocycles. The number of hydrogen-bond donors (Lipinski definition) is 0. The van der Waals surface area contributed by atoms with Crippen LogP contribution in [-0.2, 0) is 4.74 Å². The maximum atomic E-state index is 11.3. The number of carbonyl (C=O) groups excluding carboxylic acids is 1. The van der Waals surface area contributed by atoms with E-state index in [9.17, 15) is 4.79 Å². The summed E-state index contributed by atoms with van der Waals surface area (Å²) < 4.78 is 5.03. The molecule has 0 aromatic carbocycles. The lowest BCUT2D eigenvalue weighted by atomic mass is 10.1. The Bertz CT molecular complexity index is 209. The predicted molar refractivity (Wildman–Crippen MR) is 44.9 cm³/mol. The third-order valence-corrected chi connectivity index (χ3v) is 2.63. The van der Waals surface area contributed by atoms with Crippen LogP contribution in [0.2, 0.25) is 0 Å². The molecule has 1 heterocycles. The molecule has 2 aliphatic rings. The molecule has 3 heteroatoms. The van der Waals surface area contributed by atoms with E-state index in [1.807, 2.05) is 4.90 Å². The summed E-state index contributed by atoms with van der Waals surface area (Å²) in [4.78, 5) is 13.2. The van der Waals surface area contributed by atoms with E-state index in [0.717, 1.165) is 19.4 Å². The molecule has 0 atom stereocenters. The van der Waals surface area contributed by atoms with Crippen molar-refractivity contribution in [3.8, 4) is 0 Å². The molecule has 0 N–H and O–H groups in total. The second kappa shape index (κ2) is 2.38. The van der Waals surface area contributed by atoms with Gasteiger partial charge in [0.25, 0.3) is 0 Å². The quantitative estimate of drug-likeness (QED) is 0.628. The topological polar surface area (TPSA) is 29.5 Å². The predicted octanol–water partition coefficient (Wildman–Crippen LogP) is 1.63. The van der Waals surface area contributed by atoms with Crippen molar-refractivity contribution < 1.29 is 9.53 Å². The lowest BCUT2D eigenvalue weighted by Gasteiger charge is -2.22. The number of carbonyl (C=O) groups is 1. The molecular formula is C9H15NO2. The van der Waals surface area contributed by atoms with Gasteiger partial charge >= 0.3 is 6.09 Å². The molecule has 1 aliphatic carbocycles. The summed E-state index contributed by atoms with van der Waals surface area (Å²) in [6, 6.07) is 0. The Hall–Kier alpha value is -0.730. The fraction of sp³-hybridized carbons (Fsp3) is 0.889. The molecule has 12 heavy (non-hydrogen) atoms. The minimum Gasteiger partial charge on any atom is -0.447 e. The Balaban J connectivity index is 2.05. The average Bonchev–Trinajstić information content (AvgIpc) is 2.70. The van der Waals surface area contributed by atoms with Crippen molar-refractivity contribution >= 4 is 6.09 Å². The van der Waals surface area contributed by atoms with E-state index in [1.54, 1.807) is 0 Å². The monoisotopic (exact) mass is 169 g/mol. The zero-order valence-corrected chi connectivity index (χ0v) is 7.67. The van der Waals surface area contributed by atoms with Crippen LogP contribution < -0.4 is 0 Å². The zero-order chi connectivity index (χ0) is 8.77. The van der Waals surface area contributed by atoms with E-state index >= 15 is 0 Å². The molecule has 0 radical (unpaired) electrons. The first-order valence-corrected chi connectivity index (χ1v) is 4.58. The van der Waals surface area contributed by atoms with Crippen molar-refractivity contribution in [3.63, 3.8) is 0 Å². The minimum absolute atomic E-state index is 0.110. The Kier molecular flexibility index (Phi) is 1.56. The van der Waals surface area contributed by atoms with Crippen LogP contribution in [0.15, 0.2) is 0 Å². The Morgan fingerprint density at radius 1 is 1.58 bits per heavy atom. The van der Waals surface area contributed by atoms with Crippen LogP contribution in [0, 0.1) is 5.92 Å². The minimum atomic E-state index is -0.110. The standard InChI is InChI=1S/C9H15NO2/c1-7(2)5-10-8(11)12-6-9(10)3-4-9/h7H,3-6H2,1-2H3. The third-order valence-electron chi connectivity index (χ3n) is 2.63. The van der Waals surface area contributed by atoms with Crippen LogP contribution >= 0.6 is 0 Å². The highest BCUT2D eigenvalue weighted by Crippen LogP contribution is 2.46. The van der Waals surface area contributed by atoms with Crippen LogP contribution in [-0.4, -0.2) is 29.7 Å². The van der Waals surface area contributed by atoms with E-state index in [-0.39, 0.29) is 11.6 Å². The van der Waals surface area contributed by atoms with Crippen molar-refractivity contribution in [3.05, 3.63) is 0 Å². The van der Waals surface area contributed by atoms with E-state index in [1.165, 1.54) is 0 Å². The van der Waals surface area contributed by atoms with Gasteiger partial charge in [0.15, 0.2) is 0 Å². The molecule has 0 unspecified atom stereocenters. The average molecular weight is 169 g/mol. The normalized spacial score (nSPS) is 25.2. The molecule has 2 rings (SSSR count). The molecule has 0 aromatic rings. The Morgan fingerprint density at radius 2 is 2.25 bits per heavy atom. The lowest BCUT2D eigenvalue weighted by molar-refractivity contribution is 0.153. The van der Waals surface area contributed by atoms with Gasteiger partial charge in [0.2, 0.25) is 0 Å². The van der Waals surface area contributed by atoms with Gasteiger partial charge in [0, 0.05) is 6.54 Å². The van der Waals surface area contributed by atoms with Crippen molar-refractivity contribution in [1.82, 2.24) is 4.90 Å². The van der Waals surface area contributed by atoms with Crippen molar-refractivity contribution in [1.29, 1.82) is 0 Å². The van der Waals surface area contributed by atoms with Gasteiger partial charge in [-0.05, 0) is 18.8 Å². The number of nitrogens with zero attached hydrogens (tertiary/aromatic N) is 1. The molecule has 1 saturated heterocycles. The maximum Gasteiger partial charge on any atom is 0.410 e. The Labute approximate surface area is 72.7 Å². The summed E-state index contributed by atoms with van der Waals surface area (Å²) in [7, 11) is 0. The number of cyclic esters (lactones) is 1. The number of rotatable bonds is 2. The summed E-state index contributed by atoms with van der Waals surface area (Å²) in [6.45, 7) is 5.72. The van der Waals surface area contributed by atoms with Crippen LogP contribution in [0.5, 0.6) is 0 Å². The first-order valence-electron chi connectivity index (χ1n) is 4.58. The molecule has 68 valence electrons. The molecule has 0 aromatic heterocycles.